The SMILES string of the molecule is C.C.O=C(O)CCC(=O)O.O=C(OCCO)c1ccc(C(=O)OCCO)cc1.OCCCCO. The molecular weight excluding hydrogens is 456 g/mol. The fraction of sp³-hybridized carbons (Fsp3) is 0.545. The Hall–Kier alpha value is -3.06. The Morgan fingerprint density at radius 1 is 0.588 bits per heavy atom. The van der Waals surface area contributed by atoms with E-state index >= 15 is 0 Å². The molecule has 0 amide bonds. The van der Waals surface area contributed by atoms with Gasteiger partial charge in [0.05, 0.1) is 37.2 Å². The Labute approximate surface area is 199 Å². The molecule has 0 bridgehead atoms. The van der Waals surface area contributed by atoms with Crippen molar-refractivity contribution in [2.45, 2.75) is 40.5 Å². The highest BCUT2D eigenvalue weighted by Crippen LogP contribution is 2.07. The smallest absolute Gasteiger partial charge is 0.338 e. The molecule has 0 unspecified atom stereocenters. The summed E-state index contributed by atoms with van der Waals surface area (Å²) in [4.78, 5) is 42.0. The van der Waals surface area contributed by atoms with Gasteiger partial charge in [0.1, 0.15) is 13.2 Å². The maximum Gasteiger partial charge on any atom is 0.338 e. The number of esters is 2. The average Bonchev–Trinajstić information content (AvgIpc) is 2.79. The van der Waals surface area contributed by atoms with Crippen LogP contribution in [0.25, 0.3) is 0 Å². The molecule has 1 rings (SSSR count). The van der Waals surface area contributed by atoms with Gasteiger partial charge in [-0.05, 0) is 37.1 Å². The Morgan fingerprint density at radius 2 is 0.882 bits per heavy atom. The standard InChI is InChI=1S/C12H14O6.C4H6O4.C4H10O2.2CH4/c13-5-7-17-11(15)9-1-2-10(4-3-9)12(16)18-8-6-14;5-3(6)1-2-4(7)8;5-3-1-2-4-6;;/h1-4,13-14H,5-8H2;1-2H2,(H,5,6)(H,7,8);5-6H,1-4H2;2*1H4. The van der Waals surface area contributed by atoms with E-state index < -0.39 is 23.9 Å². The molecule has 1 aromatic carbocycles. The minimum absolute atomic E-state index is 0. The molecule has 0 aromatic heterocycles. The monoisotopic (exact) mass is 494 g/mol. The van der Waals surface area contributed by atoms with Gasteiger partial charge in [-0.25, -0.2) is 9.59 Å². The third-order valence-corrected chi connectivity index (χ3v) is 3.12. The van der Waals surface area contributed by atoms with E-state index in [4.69, 9.17) is 40.1 Å². The van der Waals surface area contributed by atoms with Gasteiger partial charge >= 0.3 is 23.9 Å². The quantitative estimate of drug-likeness (QED) is 0.177. The predicted molar refractivity (Wildman–Crippen MR) is 123 cm³/mol. The van der Waals surface area contributed by atoms with E-state index in [-0.39, 0.29) is 78.5 Å². The maximum absolute atomic E-state index is 11.4. The van der Waals surface area contributed by atoms with Crippen molar-refractivity contribution >= 4 is 23.9 Å². The van der Waals surface area contributed by atoms with Crippen LogP contribution in [0.2, 0.25) is 0 Å². The number of hydrogen-bond acceptors (Lipinski definition) is 10. The minimum atomic E-state index is -1.08. The van der Waals surface area contributed by atoms with E-state index in [0.717, 1.165) is 12.8 Å². The van der Waals surface area contributed by atoms with E-state index in [1.807, 2.05) is 0 Å². The molecule has 12 heteroatoms. The second-order valence-electron chi connectivity index (χ2n) is 5.74. The third kappa shape index (κ3) is 23.6. The Morgan fingerprint density at radius 3 is 1.09 bits per heavy atom. The number of carbonyl (C=O) groups is 4. The molecule has 0 aliphatic carbocycles. The van der Waals surface area contributed by atoms with Crippen molar-refractivity contribution in [2.24, 2.45) is 0 Å². The zero-order chi connectivity index (χ0) is 24.8. The summed E-state index contributed by atoms with van der Waals surface area (Å²) in [6.45, 7) is -0.228. The molecule has 0 radical (unpaired) electrons. The van der Waals surface area contributed by atoms with Crippen LogP contribution in [0.15, 0.2) is 24.3 Å². The van der Waals surface area contributed by atoms with Crippen LogP contribution < -0.4 is 0 Å². The fourth-order valence-electron chi connectivity index (χ4n) is 1.62. The van der Waals surface area contributed by atoms with Crippen LogP contribution in [0.5, 0.6) is 0 Å². The molecule has 0 aliphatic rings. The van der Waals surface area contributed by atoms with E-state index in [1.165, 1.54) is 24.3 Å². The van der Waals surface area contributed by atoms with Crippen molar-refractivity contribution in [3.8, 4) is 0 Å². The van der Waals surface area contributed by atoms with Crippen LogP contribution in [0.1, 0.15) is 61.3 Å². The molecule has 1 aromatic rings. The first-order valence-corrected chi connectivity index (χ1v) is 9.54. The fourth-order valence-corrected chi connectivity index (χ4v) is 1.62. The number of aliphatic hydroxyl groups excluding tert-OH is 4. The second kappa shape index (κ2) is 26.2. The predicted octanol–water partition coefficient (Wildman–Crippen LogP) is 0.944. The molecule has 0 heterocycles. The number of rotatable bonds is 12. The van der Waals surface area contributed by atoms with E-state index in [9.17, 15) is 19.2 Å². The van der Waals surface area contributed by atoms with Gasteiger partial charge in [0.25, 0.3) is 0 Å². The number of carbonyl (C=O) groups excluding carboxylic acids is 2. The van der Waals surface area contributed by atoms with Crippen LogP contribution in [0, 0.1) is 0 Å². The summed E-state index contributed by atoms with van der Waals surface area (Å²) in [6, 6.07) is 5.70. The first kappa shape index (κ1) is 38.2. The number of aliphatic hydroxyl groups is 4. The zero-order valence-electron chi connectivity index (χ0n) is 17.5. The molecule has 198 valence electrons. The Kier molecular flexibility index (Phi) is 29.4. The lowest BCUT2D eigenvalue weighted by Gasteiger charge is -2.05. The van der Waals surface area contributed by atoms with Gasteiger partial charge in [0.15, 0.2) is 0 Å². The average molecular weight is 495 g/mol. The van der Waals surface area contributed by atoms with Crippen molar-refractivity contribution in [1.82, 2.24) is 0 Å². The van der Waals surface area contributed by atoms with Crippen LogP contribution >= 0.6 is 0 Å². The number of carboxylic acid groups (broad SMARTS) is 2. The summed E-state index contributed by atoms with van der Waals surface area (Å²) in [7, 11) is 0. The van der Waals surface area contributed by atoms with Crippen molar-refractivity contribution in [3.05, 3.63) is 35.4 Å². The molecule has 0 saturated carbocycles. The zero-order valence-corrected chi connectivity index (χ0v) is 17.5. The number of carboxylic acids is 2. The van der Waals surface area contributed by atoms with Gasteiger partial charge in [-0.3, -0.25) is 9.59 Å². The third-order valence-electron chi connectivity index (χ3n) is 3.12. The summed E-state index contributed by atoms with van der Waals surface area (Å²) >= 11 is 0. The minimum Gasteiger partial charge on any atom is -0.481 e. The van der Waals surface area contributed by atoms with Crippen molar-refractivity contribution in [2.75, 3.05) is 39.6 Å². The van der Waals surface area contributed by atoms with E-state index in [2.05, 4.69) is 0 Å². The van der Waals surface area contributed by atoms with E-state index in [0.29, 0.717) is 0 Å². The van der Waals surface area contributed by atoms with Gasteiger partial charge in [-0.2, -0.15) is 0 Å². The van der Waals surface area contributed by atoms with Gasteiger partial charge in [-0.15, -0.1) is 0 Å². The van der Waals surface area contributed by atoms with Crippen molar-refractivity contribution in [1.29, 1.82) is 0 Å². The lowest BCUT2D eigenvalue weighted by molar-refractivity contribution is -0.143. The Balaban J connectivity index is -0.000000236. The Bertz CT molecular complexity index is 601. The highest BCUT2D eigenvalue weighted by molar-refractivity contribution is 5.93. The number of ether oxygens (including phenoxy) is 2. The van der Waals surface area contributed by atoms with E-state index in [1.54, 1.807) is 0 Å². The van der Waals surface area contributed by atoms with Crippen molar-refractivity contribution < 1.29 is 59.3 Å². The van der Waals surface area contributed by atoms with Gasteiger partial charge in [0.2, 0.25) is 0 Å². The highest BCUT2D eigenvalue weighted by atomic mass is 16.5. The van der Waals surface area contributed by atoms with Crippen LogP contribution in [0.3, 0.4) is 0 Å². The highest BCUT2D eigenvalue weighted by Gasteiger charge is 2.10. The molecule has 6 N–H and O–H groups in total. The number of unbranched alkanes of at least 4 members (excludes halogenated alkanes) is 1. The lowest BCUT2D eigenvalue weighted by Crippen LogP contribution is -2.11. The van der Waals surface area contributed by atoms with Crippen LogP contribution in [-0.4, -0.2) is 94.2 Å². The molecule has 0 fully saturated rings. The number of hydrogen-bond donors (Lipinski definition) is 6. The second-order valence-corrected chi connectivity index (χ2v) is 5.74. The van der Waals surface area contributed by atoms with Gasteiger partial charge in [-0.1, -0.05) is 14.9 Å². The summed E-state index contributed by atoms with van der Waals surface area (Å²) in [6.07, 6.45) is 0.845. The summed E-state index contributed by atoms with van der Waals surface area (Å²) < 4.78 is 9.41. The summed E-state index contributed by atoms with van der Waals surface area (Å²) in [5, 5.41) is 49.0. The van der Waals surface area contributed by atoms with Crippen LogP contribution in [0.4, 0.5) is 0 Å². The molecule has 0 aliphatic heterocycles. The van der Waals surface area contributed by atoms with Crippen LogP contribution in [-0.2, 0) is 19.1 Å². The van der Waals surface area contributed by atoms with Gasteiger partial charge < -0.3 is 40.1 Å². The first-order valence-electron chi connectivity index (χ1n) is 9.54. The molecular formula is C22H38O12. The normalized spacial score (nSPS) is 8.82. The molecule has 0 saturated heterocycles. The maximum atomic E-state index is 11.4. The summed E-state index contributed by atoms with van der Waals surface area (Å²) in [5.41, 5.74) is 0.560. The molecule has 0 atom stereocenters. The largest absolute Gasteiger partial charge is 0.481 e. The molecule has 34 heavy (non-hydrogen) atoms. The van der Waals surface area contributed by atoms with Crippen molar-refractivity contribution in [3.63, 3.8) is 0 Å². The first-order chi connectivity index (χ1) is 15.2. The lowest BCUT2D eigenvalue weighted by atomic mass is 10.1. The van der Waals surface area contributed by atoms with Gasteiger partial charge in [0, 0.05) is 13.2 Å². The molecule has 12 nitrogen and oxygen atoms in total. The topological polar surface area (TPSA) is 208 Å². The summed E-state index contributed by atoms with van der Waals surface area (Å²) in [5.74, 6) is -3.29. The molecule has 0 spiro atoms. The number of aliphatic carboxylic acids is 2. The number of benzene rings is 1.